The molecular formula is C12H17NO2S. The van der Waals surface area contributed by atoms with Crippen LogP contribution in [0, 0.1) is 6.92 Å². The van der Waals surface area contributed by atoms with E-state index in [1.165, 1.54) is 11.1 Å². The molecule has 3 nitrogen and oxygen atoms in total. The zero-order chi connectivity index (χ0) is 12.0. The summed E-state index contributed by atoms with van der Waals surface area (Å²) in [6, 6.07) is 0. The Morgan fingerprint density at radius 2 is 2.31 bits per heavy atom. The summed E-state index contributed by atoms with van der Waals surface area (Å²) in [6.07, 6.45) is 0. The van der Waals surface area contributed by atoms with Crippen LogP contribution in [0.3, 0.4) is 0 Å². The molecular weight excluding hydrogens is 222 g/mol. The monoisotopic (exact) mass is 239 g/mol. The number of hydrogen-bond donors (Lipinski definition) is 1. The Balaban J connectivity index is 2.28. The van der Waals surface area contributed by atoms with Crippen LogP contribution in [0.1, 0.15) is 18.1 Å². The summed E-state index contributed by atoms with van der Waals surface area (Å²) in [4.78, 5) is 11.2. The Kier molecular flexibility index (Phi) is 5.22. The van der Waals surface area contributed by atoms with Crippen LogP contribution < -0.4 is 5.32 Å². The molecule has 0 aliphatic heterocycles. The molecule has 1 rings (SSSR count). The van der Waals surface area contributed by atoms with Crippen molar-refractivity contribution in [2.24, 2.45) is 0 Å². The SMILES string of the molecule is C=C(CNCc1cscc1C)C(=O)OCC. The molecule has 0 bridgehead atoms. The number of carbonyl (C=O) groups excluding carboxylic acids is 1. The standard InChI is InChI=1S/C12H17NO2S/c1-4-15-12(14)9(2)5-13-6-11-8-16-7-10(11)3/h7-8,13H,2,4-6H2,1,3H3. The Morgan fingerprint density at radius 3 is 2.88 bits per heavy atom. The van der Waals surface area contributed by atoms with Crippen LogP contribution in [0.4, 0.5) is 0 Å². The number of carbonyl (C=O) groups is 1. The molecule has 0 atom stereocenters. The molecule has 0 aliphatic rings. The van der Waals surface area contributed by atoms with Gasteiger partial charge in [-0.3, -0.25) is 0 Å². The van der Waals surface area contributed by atoms with Crippen molar-refractivity contribution in [1.82, 2.24) is 5.32 Å². The van der Waals surface area contributed by atoms with Crippen molar-refractivity contribution in [3.8, 4) is 0 Å². The largest absolute Gasteiger partial charge is 0.463 e. The van der Waals surface area contributed by atoms with E-state index >= 15 is 0 Å². The quantitative estimate of drug-likeness (QED) is 0.611. The lowest BCUT2D eigenvalue weighted by molar-refractivity contribution is -0.138. The molecule has 1 N–H and O–H groups in total. The molecule has 1 aromatic heterocycles. The van der Waals surface area contributed by atoms with Crippen LogP contribution in [-0.2, 0) is 16.1 Å². The average Bonchev–Trinajstić information content (AvgIpc) is 2.65. The maximum atomic E-state index is 11.2. The van der Waals surface area contributed by atoms with Gasteiger partial charge in [-0.25, -0.2) is 4.79 Å². The minimum atomic E-state index is -0.322. The molecule has 16 heavy (non-hydrogen) atoms. The summed E-state index contributed by atoms with van der Waals surface area (Å²) < 4.78 is 4.84. The fourth-order valence-corrected chi connectivity index (χ4v) is 2.08. The zero-order valence-electron chi connectivity index (χ0n) is 9.71. The van der Waals surface area contributed by atoms with Crippen LogP contribution in [0.15, 0.2) is 22.9 Å². The molecule has 1 aromatic rings. The Bertz CT molecular complexity index is 371. The normalized spacial score (nSPS) is 10.1. The summed E-state index contributed by atoms with van der Waals surface area (Å²) in [5.74, 6) is -0.322. The van der Waals surface area contributed by atoms with Crippen LogP contribution in [0.25, 0.3) is 0 Å². The number of nitrogens with one attached hydrogen (secondary N) is 1. The van der Waals surface area contributed by atoms with Gasteiger partial charge in [-0.1, -0.05) is 6.58 Å². The van der Waals surface area contributed by atoms with Crippen LogP contribution in [0.2, 0.25) is 0 Å². The van der Waals surface area contributed by atoms with E-state index in [2.05, 4.69) is 29.6 Å². The average molecular weight is 239 g/mol. The highest BCUT2D eigenvalue weighted by molar-refractivity contribution is 7.08. The highest BCUT2D eigenvalue weighted by atomic mass is 32.1. The third-order valence-corrected chi connectivity index (χ3v) is 3.09. The first-order valence-corrected chi connectivity index (χ1v) is 6.16. The van der Waals surface area contributed by atoms with Gasteiger partial charge in [-0.15, -0.1) is 0 Å². The second kappa shape index (κ2) is 6.45. The van der Waals surface area contributed by atoms with E-state index in [0.29, 0.717) is 18.7 Å². The Labute approximate surface area is 100 Å². The molecule has 0 saturated carbocycles. The Morgan fingerprint density at radius 1 is 1.56 bits per heavy atom. The van der Waals surface area contributed by atoms with Crippen molar-refractivity contribution in [3.63, 3.8) is 0 Å². The lowest BCUT2D eigenvalue weighted by Gasteiger charge is -2.06. The molecule has 0 fully saturated rings. The van der Waals surface area contributed by atoms with E-state index < -0.39 is 0 Å². The lowest BCUT2D eigenvalue weighted by atomic mass is 10.2. The zero-order valence-corrected chi connectivity index (χ0v) is 10.5. The maximum absolute atomic E-state index is 11.2. The van der Waals surface area contributed by atoms with E-state index in [-0.39, 0.29) is 5.97 Å². The highest BCUT2D eigenvalue weighted by Crippen LogP contribution is 2.12. The van der Waals surface area contributed by atoms with Crippen molar-refractivity contribution < 1.29 is 9.53 Å². The van der Waals surface area contributed by atoms with E-state index in [0.717, 1.165) is 6.54 Å². The second-order valence-electron chi connectivity index (χ2n) is 3.51. The van der Waals surface area contributed by atoms with Gasteiger partial charge in [0.2, 0.25) is 0 Å². The fourth-order valence-electron chi connectivity index (χ4n) is 1.22. The predicted molar refractivity (Wildman–Crippen MR) is 66.5 cm³/mol. The van der Waals surface area contributed by atoms with E-state index in [9.17, 15) is 4.79 Å². The molecule has 0 aliphatic carbocycles. The van der Waals surface area contributed by atoms with Crippen molar-refractivity contribution >= 4 is 17.3 Å². The third-order valence-electron chi connectivity index (χ3n) is 2.18. The molecule has 0 unspecified atom stereocenters. The van der Waals surface area contributed by atoms with Gasteiger partial charge in [-0.2, -0.15) is 11.3 Å². The highest BCUT2D eigenvalue weighted by Gasteiger charge is 2.07. The lowest BCUT2D eigenvalue weighted by Crippen LogP contribution is -2.21. The van der Waals surface area contributed by atoms with Crippen molar-refractivity contribution in [2.45, 2.75) is 20.4 Å². The van der Waals surface area contributed by atoms with Gasteiger partial charge in [0.05, 0.1) is 6.61 Å². The summed E-state index contributed by atoms with van der Waals surface area (Å²) in [6.45, 7) is 9.16. The van der Waals surface area contributed by atoms with Crippen molar-refractivity contribution in [1.29, 1.82) is 0 Å². The van der Waals surface area contributed by atoms with Gasteiger partial charge < -0.3 is 10.1 Å². The molecule has 0 radical (unpaired) electrons. The van der Waals surface area contributed by atoms with Gasteiger partial charge >= 0.3 is 5.97 Å². The number of aryl methyl sites for hydroxylation is 1. The van der Waals surface area contributed by atoms with Crippen LogP contribution in [-0.4, -0.2) is 19.1 Å². The second-order valence-corrected chi connectivity index (χ2v) is 4.25. The van der Waals surface area contributed by atoms with Crippen molar-refractivity contribution in [2.75, 3.05) is 13.2 Å². The molecule has 4 heteroatoms. The van der Waals surface area contributed by atoms with Gasteiger partial charge in [0.1, 0.15) is 0 Å². The maximum Gasteiger partial charge on any atom is 0.334 e. The molecule has 0 saturated heterocycles. The molecule has 1 heterocycles. The fraction of sp³-hybridized carbons (Fsp3) is 0.417. The number of rotatable bonds is 6. The number of hydrogen-bond acceptors (Lipinski definition) is 4. The summed E-state index contributed by atoms with van der Waals surface area (Å²) in [5.41, 5.74) is 3.01. The minimum Gasteiger partial charge on any atom is -0.463 e. The third kappa shape index (κ3) is 3.79. The number of esters is 1. The van der Waals surface area contributed by atoms with E-state index in [1.807, 2.05) is 0 Å². The predicted octanol–water partition coefficient (Wildman–Crippen LogP) is 2.27. The van der Waals surface area contributed by atoms with Gasteiger partial charge in [-0.05, 0) is 35.7 Å². The van der Waals surface area contributed by atoms with Gasteiger partial charge in [0.15, 0.2) is 0 Å². The molecule has 0 spiro atoms. The summed E-state index contributed by atoms with van der Waals surface area (Å²) >= 11 is 1.69. The van der Waals surface area contributed by atoms with Gasteiger partial charge in [0, 0.05) is 18.7 Å². The van der Waals surface area contributed by atoms with Gasteiger partial charge in [0.25, 0.3) is 0 Å². The van der Waals surface area contributed by atoms with E-state index in [4.69, 9.17) is 4.74 Å². The van der Waals surface area contributed by atoms with Crippen LogP contribution in [0.5, 0.6) is 0 Å². The van der Waals surface area contributed by atoms with E-state index in [1.54, 1.807) is 18.3 Å². The smallest absolute Gasteiger partial charge is 0.334 e. The number of thiophene rings is 1. The first-order valence-electron chi connectivity index (χ1n) is 5.22. The Hall–Kier alpha value is -1.13. The molecule has 0 aromatic carbocycles. The minimum absolute atomic E-state index is 0.322. The topological polar surface area (TPSA) is 38.3 Å². The molecule has 88 valence electrons. The summed E-state index contributed by atoms with van der Waals surface area (Å²) in [5, 5.41) is 7.39. The first-order chi connectivity index (χ1) is 7.65. The van der Waals surface area contributed by atoms with Crippen LogP contribution >= 0.6 is 11.3 Å². The van der Waals surface area contributed by atoms with Crippen molar-refractivity contribution in [3.05, 3.63) is 34.0 Å². The molecule has 0 amide bonds. The summed E-state index contributed by atoms with van der Waals surface area (Å²) in [7, 11) is 0. The first kappa shape index (κ1) is 12.9. The number of ether oxygens (including phenoxy) is 1.